The molecule has 148 valence electrons. The summed E-state index contributed by atoms with van der Waals surface area (Å²) in [7, 11) is 0. The Bertz CT molecular complexity index is 794. The van der Waals surface area contributed by atoms with Crippen molar-refractivity contribution in [3.05, 3.63) is 64.9 Å². The molecule has 0 radical (unpaired) electrons. The number of hydrogen-bond donors (Lipinski definition) is 0. The number of amides is 1. The van der Waals surface area contributed by atoms with Gasteiger partial charge in [0.05, 0.1) is 13.0 Å². The maximum atomic E-state index is 12.7. The number of benzene rings is 1. The number of Topliss-reactive ketones (excluding diaryl/α,β-unsaturated/α-hetero) is 1. The highest BCUT2D eigenvalue weighted by atomic mass is 35.5. The molecule has 1 amide bonds. The number of halogens is 1. The van der Waals surface area contributed by atoms with Crippen molar-refractivity contribution in [1.82, 2.24) is 9.88 Å². The lowest BCUT2D eigenvalue weighted by atomic mass is 10.1. The first-order chi connectivity index (χ1) is 13.5. The highest BCUT2D eigenvalue weighted by Gasteiger charge is 2.18. The molecule has 28 heavy (non-hydrogen) atoms. The van der Waals surface area contributed by atoms with Crippen LogP contribution in [0.3, 0.4) is 0 Å². The zero-order valence-electron chi connectivity index (χ0n) is 15.8. The maximum absolute atomic E-state index is 12.7. The maximum Gasteiger partial charge on any atom is 0.307 e. The van der Waals surface area contributed by atoms with Crippen LogP contribution in [0.1, 0.15) is 42.1 Å². The van der Waals surface area contributed by atoms with Gasteiger partial charge in [-0.15, -0.1) is 0 Å². The molecular weight excluding hydrogens is 380 g/mol. The van der Waals surface area contributed by atoms with Crippen LogP contribution in [0, 0.1) is 0 Å². The summed E-state index contributed by atoms with van der Waals surface area (Å²) in [4.78, 5) is 42.3. The number of carbonyl (C=O) groups excluding carboxylic acids is 3. The van der Waals surface area contributed by atoms with Crippen molar-refractivity contribution in [2.24, 2.45) is 0 Å². The fourth-order valence-corrected chi connectivity index (χ4v) is 2.75. The molecule has 0 N–H and O–H groups in total. The van der Waals surface area contributed by atoms with Gasteiger partial charge in [-0.3, -0.25) is 19.4 Å². The summed E-state index contributed by atoms with van der Waals surface area (Å²) in [5.74, 6) is -0.684. The molecule has 7 heteroatoms. The zero-order chi connectivity index (χ0) is 20.4. The molecule has 2 rings (SSSR count). The van der Waals surface area contributed by atoms with Gasteiger partial charge in [0.15, 0.2) is 5.78 Å². The Kier molecular flexibility index (Phi) is 8.62. The first kappa shape index (κ1) is 21.6. The summed E-state index contributed by atoms with van der Waals surface area (Å²) in [5, 5.41) is 0.550. The second-order valence-corrected chi connectivity index (χ2v) is 6.60. The highest BCUT2D eigenvalue weighted by Crippen LogP contribution is 2.13. The van der Waals surface area contributed by atoms with Crippen LogP contribution in [0.5, 0.6) is 0 Å². The number of nitrogens with zero attached hydrogens (tertiary/aromatic N) is 2. The van der Waals surface area contributed by atoms with Gasteiger partial charge in [0, 0.05) is 48.9 Å². The Hall–Kier alpha value is -2.73. The van der Waals surface area contributed by atoms with Gasteiger partial charge in [-0.2, -0.15) is 0 Å². The van der Waals surface area contributed by atoms with E-state index < -0.39 is 0 Å². The molecule has 1 aromatic carbocycles. The predicted octanol–water partition coefficient (Wildman–Crippen LogP) is 3.68. The SMILES string of the molecule is CCOC(=O)CCN(Cc1cccnc1)C(=O)CCC(=O)c1ccc(Cl)cc1. The molecule has 0 aliphatic heterocycles. The quantitative estimate of drug-likeness (QED) is 0.447. The van der Waals surface area contributed by atoms with Gasteiger partial charge < -0.3 is 9.64 Å². The Morgan fingerprint density at radius 1 is 1.07 bits per heavy atom. The summed E-state index contributed by atoms with van der Waals surface area (Å²) in [6.45, 7) is 2.58. The normalized spacial score (nSPS) is 10.4. The third-order valence-corrected chi connectivity index (χ3v) is 4.32. The number of ketones is 1. The van der Waals surface area contributed by atoms with E-state index in [1.807, 2.05) is 6.07 Å². The third kappa shape index (κ3) is 7.12. The predicted molar refractivity (Wildman–Crippen MR) is 106 cm³/mol. The van der Waals surface area contributed by atoms with Crippen molar-refractivity contribution in [3.63, 3.8) is 0 Å². The minimum absolute atomic E-state index is 0.0601. The number of aromatic nitrogens is 1. The van der Waals surface area contributed by atoms with E-state index in [0.29, 0.717) is 23.7 Å². The van der Waals surface area contributed by atoms with Crippen molar-refractivity contribution < 1.29 is 19.1 Å². The van der Waals surface area contributed by atoms with Crippen LogP contribution in [-0.4, -0.2) is 40.7 Å². The molecule has 0 saturated carbocycles. The third-order valence-electron chi connectivity index (χ3n) is 4.07. The number of pyridine rings is 1. The van der Waals surface area contributed by atoms with E-state index in [0.717, 1.165) is 5.56 Å². The molecule has 6 nitrogen and oxygen atoms in total. The van der Waals surface area contributed by atoms with Crippen LogP contribution in [0.2, 0.25) is 5.02 Å². The minimum Gasteiger partial charge on any atom is -0.466 e. The van der Waals surface area contributed by atoms with Crippen LogP contribution in [0.25, 0.3) is 0 Å². The summed E-state index contributed by atoms with van der Waals surface area (Å²) in [6, 6.07) is 10.2. The molecule has 1 aromatic heterocycles. The van der Waals surface area contributed by atoms with Gasteiger partial charge in [0.25, 0.3) is 0 Å². The van der Waals surface area contributed by atoms with Crippen LogP contribution >= 0.6 is 11.6 Å². The number of carbonyl (C=O) groups is 3. The zero-order valence-corrected chi connectivity index (χ0v) is 16.5. The average molecular weight is 403 g/mol. The van der Waals surface area contributed by atoms with E-state index in [1.165, 1.54) is 0 Å². The summed E-state index contributed by atoms with van der Waals surface area (Å²) in [6.07, 6.45) is 3.57. The van der Waals surface area contributed by atoms with Crippen molar-refractivity contribution in [1.29, 1.82) is 0 Å². The van der Waals surface area contributed by atoms with Crippen molar-refractivity contribution in [3.8, 4) is 0 Å². The van der Waals surface area contributed by atoms with Gasteiger partial charge in [-0.25, -0.2) is 0 Å². The minimum atomic E-state index is -0.358. The van der Waals surface area contributed by atoms with Crippen molar-refractivity contribution in [2.45, 2.75) is 32.7 Å². The molecular formula is C21H23ClN2O4. The Morgan fingerprint density at radius 3 is 2.46 bits per heavy atom. The molecule has 0 atom stereocenters. The van der Waals surface area contributed by atoms with Crippen LogP contribution in [-0.2, 0) is 20.9 Å². The van der Waals surface area contributed by atoms with Crippen molar-refractivity contribution >= 4 is 29.3 Å². The Balaban J connectivity index is 1.97. The average Bonchev–Trinajstić information content (AvgIpc) is 2.70. The lowest BCUT2D eigenvalue weighted by molar-refractivity contribution is -0.144. The lowest BCUT2D eigenvalue weighted by Gasteiger charge is -2.22. The van der Waals surface area contributed by atoms with Crippen molar-refractivity contribution in [2.75, 3.05) is 13.2 Å². The van der Waals surface area contributed by atoms with E-state index in [4.69, 9.17) is 16.3 Å². The fraction of sp³-hybridized carbons (Fsp3) is 0.333. The second-order valence-electron chi connectivity index (χ2n) is 6.16. The summed E-state index contributed by atoms with van der Waals surface area (Å²) in [5.41, 5.74) is 1.37. The molecule has 0 spiro atoms. The first-order valence-corrected chi connectivity index (χ1v) is 9.48. The second kappa shape index (κ2) is 11.2. The van der Waals surface area contributed by atoms with Crippen LogP contribution in [0.4, 0.5) is 0 Å². The van der Waals surface area contributed by atoms with Crippen LogP contribution in [0.15, 0.2) is 48.8 Å². The summed E-state index contributed by atoms with van der Waals surface area (Å²) < 4.78 is 4.93. The van der Waals surface area contributed by atoms with E-state index in [1.54, 1.807) is 54.5 Å². The van der Waals surface area contributed by atoms with E-state index in [-0.39, 0.29) is 43.5 Å². The number of rotatable bonds is 10. The number of hydrogen-bond acceptors (Lipinski definition) is 5. The molecule has 0 aliphatic rings. The van der Waals surface area contributed by atoms with E-state index in [2.05, 4.69) is 4.98 Å². The molecule has 0 saturated heterocycles. The molecule has 0 fully saturated rings. The number of esters is 1. The highest BCUT2D eigenvalue weighted by molar-refractivity contribution is 6.30. The van der Waals surface area contributed by atoms with Gasteiger partial charge in [-0.1, -0.05) is 17.7 Å². The van der Waals surface area contributed by atoms with Gasteiger partial charge in [-0.05, 0) is 42.8 Å². The molecule has 1 heterocycles. The Labute approximate surface area is 169 Å². The molecule has 0 bridgehead atoms. The van der Waals surface area contributed by atoms with Crippen LogP contribution < -0.4 is 0 Å². The topological polar surface area (TPSA) is 76.6 Å². The monoisotopic (exact) mass is 402 g/mol. The Morgan fingerprint density at radius 2 is 1.82 bits per heavy atom. The van der Waals surface area contributed by atoms with Gasteiger partial charge >= 0.3 is 5.97 Å². The van der Waals surface area contributed by atoms with Gasteiger partial charge in [0.1, 0.15) is 0 Å². The van der Waals surface area contributed by atoms with E-state index >= 15 is 0 Å². The largest absolute Gasteiger partial charge is 0.466 e. The first-order valence-electron chi connectivity index (χ1n) is 9.10. The van der Waals surface area contributed by atoms with E-state index in [9.17, 15) is 14.4 Å². The molecule has 0 unspecified atom stereocenters. The lowest BCUT2D eigenvalue weighted by Crippen LogP contribution is -2.33. The fourth-order valence-electron chi connectivity index (χ4n) is 2.62. The molecule has 0 aliphatic carbocycles. The standard InChI is InChI=1S/C21H23ClN2O4/c1-2-28-21(27)11-13-24(15-16-4-3-12-23-14-16)20(26)10-9-19(25)17-5-7-18(22)8-6-17/h3-8,12,14H,2,9-11,13,15H2,1H3. The number of ether oxygens (including phenoxy) is 1. The van der Waals surface area contributed by atoms with Gasteiger partial charge in [0.2, 0.25) is 5.91 Å². The summed E-state index contributed by atoms with van der Waals surface area (Å²) >= 11 is 5.83. The molecule has 2 aromatic rings. The smallest absolute Gasteiger partial charge is 0.307 e.